The molecule has 0 aromatic carbocycles. The highest BCUT2D eigenvalue weighted by atomic mass is 31.1. The van der Waals surface area contributed by atoms with Crippen LogP contribution < -0.4 is 0 Å². The van der Waals surface area contributed by atoms with E-state index >= 15 is 0 Å². The highest BCUT2D eigenvalue weighted by molar-refractivity contribution is 7.39. The number of carbonyl (C=O) groups is 1. The highest BCUT2D eigenvalue weighted by Gasteiger charge is 1.49. The van der Waals surface area contributed by atoms with Crippen LogP contribution in [0.3, 0.4) is 0 Å². The zero-order valence-corrected chi connectivity index (χ0v) is 3.90. The van der Waals surface area contributed by atoms with Gasteiger partial charge in [0.1, 0.15) is 6.29 Å². The molecule has 0 saturated heterocycles. The first kappa shape index (κ1) is 4.84. The van der Waals surface area contributed by atoms with Gasteiger partial charge in [0, 0.05) is 5.80 Å². The van der Waals surface area contributed by atoms with Gasteiger partial charge in [-0.2, -0.15) is 0 Å². The summed E-state index contributed by atoms with van der Waals surface area (Å²) in [5.41, 5.74) is 0. The standard InChI is InChI=1S/C3H5OP/c1-5-3-2-4/h2-3H,1H3. The maximum Gasteiger partial charge on any atom is 0.147 e. The maximum atomic E-state index is 9.34. The lowest BCUT2D eigenvalue weighted by atomic mass is 10.9. The molecule has 0 saturated carbocycles. The summed E-state index contributed by atoms with van der Waals surface area (Å²) in [6, 6.07) is 0. The molecule has 5 heavy (non-hydrogen) atoms. The molecule has 0 bridgehead atoms. The monoisotopic (exact) mass is 88.0 g/mol. The number of aldehydes is 1. The number of carbonyl (C=O) groups excluding carboxylic acids is 1. The van der Waals surface area contributed by atoms with Crippen molar-refractivity contribution in [3.05, 3.63) is 0 Å². The fourth-order valence-electron chi connectivity index (χ4n) is 0.0609. The second-order valence-corrected chi connectivity index (χ2v) is 1.36. The average Bonchev–Trinajstić information content (AvgIpc) is 1.41. The topological polar surface area (TPSA) is 17.1 Å². The summed E-state index contributed by atoms with van der Waals surface area (Å²) in [4.78, 5) is 9.34. The molecule has 0 atom stereocenters. The first-order valence-electron chi connectivity index (χ1n) is 1.27. The SMILES string of the molecule is CP=CC=O. The van der Waals surface area contributed by atoms with E-state index in [9.17, 15) is 4.79 Å². The van der Waals surface area contributed by atoms with Crippen LogP contribution in [0.1, 0.15) is 0 Å². The normalized spacial score (nSPS) is 9.00. The van der Waals surface area contributed by atoms with E-state index in [-0.39, 0.29) is 0 Å². The Morgan fingerprint density at radius 3 is 2.40 bits per heavy atom. The predicted octanol–water partition coefficient (Wildman–Crippen LogP) is 0.563. The Balaban J connectivity index is 2.92. The molecule has 0 fully saturated rings. The first-order chi connectivity index (χ1) is 2.41. The van der Waals surface area contributed by atoms with Gasteiger partial charge in [-0.05, 0) is 6.66 Å². The molecule has 1 nitrogen and oxygen atoms in total. The van der Waals surface area contributed by atoms with E-state index in [1.165, 1.54) is 0 Å². The Bertz CT molecular complexity index is 48.9. The molecule has 0 aliphatic carbocycles. The van der Waals surface area contributed by atoms with Crippen LogP contribution in [0.5, 0.6) is 0 Å². The van der Waals surface area contributed by atoms with Crippen LogP contribution in [0.2, 0.25) is 0 Å². The largest absolute Gasteiger partial charge is 0.298 e. The average molecular weight is 88.0 g/mol. The summed E-state index contributed by atoms with van der Waals surface area (Å²) in [6.45, 7) is 1.90. The molecule has 0 aromatic rings. The summed E-state index contributed by atoms with van der Waals surface area (Å²) < 4.78 is 0. The van der Waals surface area contributed by atoms with Gasteiger partial charge in [-0.3, -0.25) is 4.79 Å². The second-order valence-electron chi connectivity index (χ2n) is 0.543. The molecule has 0 heterocycles. The lowest BCUT2D eigenvalue weighted by Crippen LogP contribution is -1.60. The quantitative estimate of drug-likeness (QED) is 0.338. The minimum Gasteiger partial charge on any atom is -0.298 e. The molecule has 0 spiro atoms. The molecule has 0 unspecified atom stereocenters. The Morgan fingerprint density at radius 2 is 2.40 bits per heavy atom. The fraction of sp³-hybridized carbons (Fsp3) is 0.333. The first-order valence-corrected chi connectivity index (χ1v) is 2.69. The van der Waals surface area contributed by atoms with E-state index in [0.29, 0.717) is 0 Å². The summed E-state index contributed by atoms with van der Waals surface area (Å²) in [5.74, 6) is 1.54. The lowest BCUT2D eigenvalue weighted by molar-refractivity contribution is -0.102. The Kier molecular flexibility index (Phi) is 3.72. The van der Waals surface area contributed by atoms with E-state index in [4.69, 9.17) is 0 Å². The van der Waals surface area contributed by atoms with Crippen molar-refractivity contribution in [3.8, 4) is 0 Å². The van der Waals surface area contributed by atoms with E-state index in [1.54, 1.807) is 5.80 Å². The third-order valence-electron chi connectivity index (χ3n) is 0.210. The molecule has 0 aromatic heterocycles. The molecule has 0 rings (SSSR count). The van der Waals surface area contributed by atoms with Crippen molar-refractivity contribution < 1.29 is 4.79 Å². The van der Waals surface area contributed by atoms with E-state index in [2.05, 4.69) is 0 Å². The van der Waals surface area contributed by atoms with Crippen LogP contribution in [-0.4, -0.2) is 18.7 Å². The Labute approximate surface area is 32.8 Å². The highest BCUT2D eigenvalue weighted by Crippen LogP contribution is 1.73. The molecule has 28 valence electrons. The molecule has 0 radical (unpaired) electrons. The van der Waals surface area contributed by atoms with Gasteiger partial charge in [-0.15, -0.1) is 8.20 Å². The number of rotatable bonds is 1. The molecule has 0 N–H and O–H groups in total. The molecule has 0 aliphatic rings. The number of hydrogen-bond donors (Lipinski definition) is 0. The van der Waals surface area contributed by atoms with Crippen LogP contribution in [0.25, 0.3) is 0 Å². The number of hydrogen-bond acceptors (Lipinski definition) is 1. The van der Waals surface area contributed by atoms with Crippen LogP contribution in [0.15, 0.2) is 0 Å². The summed E-state index contributed by atoms with van der Waals surface area (Å²) in [6.07, 6.45) is 0.793. The van der Waals surface area contributed by atoms with Gasteiger partial charge in [0.25, 0.3) is 0 Å². The van der Waals surface area contributed by atoms with Crippen molar-refractivity contribution in [1.82, 2.24) is 0 Å². The van der Waals surface area contributed by atoms with Crippen molar-refractivity contribution in [2.24, 2.45) is 0 Å². The van der Waals surface area contributed by atoms with Gasteiger partial charge in [-0.1, -0.05) is 0 Å². The molecular formula is C3H5OP. The smallest absolute Gasteiger partial charge is 0.147 e. The summed E-state index contributed by atoms with van der Waals surface area (Å²) >= 11 is 0. The molecule has 0 amide bonds. The van der Waals surface area contributed by atoms with Crippen molar-refractivity contribution in [3.63, 3.8) is 0 Å². The fourth-order valence-corrected chi connectivity index (χ4v) is 0.183. The van der Waals surface area contributed by atoms with Gasteiger partial charge in [0.05, 0.1) is 0 Å². The summed E-state index contributed by atoms with van der Waals surface area (Å²) in [5, 5.41) is 0. The summed E-state index contributed by atoms with van der Waals surface area (Å²) in [7, 11) is 1.04. The van der Waals surface area contributed by atoms with Crippen LogP contribution >= 0.6 is 8.20 Å². The van der Waals surface area contributed by atoms with Crippen LogP contribution in [0.4, 0.5) is 0 Å². The van der Waals surface area contributed by atoms with E-state index in [0.717, 1.165) is 14.5 Å². The zero-order chi connectivity index (χ0) is 4.12. The van der Waals surface area contributed by atoms with Gasteiger partial charge in [0.2, 0.25) is 0 Å². The van der Waals surface area contributed by atoms with Crippen molar-refractivity contribution >= 4 is 20.3 Å². The molecule has 0 aliphatic heterocycles. The third kappa shape index (κ3) is 3.84. The van der Waals surface area contributed by atoms with Gasteiger partial charge in [-0.25, -0.2) is 0 Å². The zero-order valence-electron chi connectivity index (χ0n) is 3.01. The van der Waals surface area contributed by atoms with Crippen molar-refractivity contribution in [2.45, 2.75) is 0 Å². The van der Waals surface area contributed by atoms with E-state index in [1.807, 2.05) is 6.66 Å². The van der Waals surface area contributed by atoms with E-state index < -0.39 is 0 Å². The predicted molar refractivity (Wildman–Crippen MR) is 25.0 cm³/mol. The Hall–Kier alpha value is -0.160. The second kappa shape index (κ2) is 3.84. The third-order valence-corrected chi connectivity index (χ3v) is 0.630. The van der Waals surface area contributed by atoms with Crippen molar-refractivity contribution in [2.75, 3.05) is 6.66 Å². The lowest BCUT2D eigenvalue weighted by Gasteiger charge is -1.50. The van der Waals surface area contributed by atoms with Gasteiger partial charge < -0.3 is 0 Å². The van der Waals surface area contributed by atoms with Crippen LogP contribution in [0, 0.1) is 0 Å². The minimum atomic E-state index is 0.793. The van der Waals surface area contributed by atoms with Crippen LogP contribution in [-0.2, 0) is 4.79 Å². The van der Waals surface area contributed by atoms with Gasteiger partial charge in [0.15, 0.2) is 0 Å². The van der Waals surface area contributed by atoms with Gasteiger partial charge >= 0.3 is 0 Å². The molecule has 2 heteroatoms. The maximum absolute atomic E-state index is 9.34. The van der Waals surface area contributed by atoms with Crippen molar-refractivity contribution in [1.29, 1.82) is 0 Å². The minimum absolute atomic E-state index is 0.793. The molecular weight excluding hydrogens is 83.0 g/mol. The Morgan fingerprint density at radius 1 is 1.80 bits per heavy atom.